The first kappa shape index (κ1) is 27.3. The second-order valence-electron chi connectivity index (χ2n) is 9.28. The van der Waals surface area contributed by atoms with Crippen LogP contribution < -0.4 is 0 Å². The van der Waals surface area contributed by atoms with E-state index in [9.17, 15) is 19.8 Å². The second-order valence-corrected chi connectivity index (χ2v) is 10.2. The number of hydrogen-bond acceptors (Lipinski definition) is 6. The van der Waals surface area contributed by atoms with Gasteiger partial charge in [-0.1, -0.05) is 23.2 Å². The van der Waals surface area contributed by atoms with Crippen LogP contribution in [-0.2, 0) is 9.59 Å². The highest BCUT2D eigenvalue weighted by molar-refractivity contribution is 6.32. The summed E-state index contributed by atoms with van der Waals surface area (Å²) < 4.78 is 3.32. The molecule has 0 fully saturated rings. The van der Waals surface area contributed by atoms with E-state index in [1.807, 2.05) is 27.7 Å². The molecule has 0 spiro atoms. The van der Waals surface area contributed by atoms with Gasteiger partial charge in [0.1, 0.15) is 0 Å². The number of benzene rings is 2. The minimum atomic E-state index is -0.675. The predicted octanol–water partition coefficient (Wildman–Crippen LogP) is 8.18. The average molecular weight is 557 g/mol. The van der Waals surface area contributed by atoms with E-state index in [0.717, 1.165) is 0 Å². The molecule has 198 valence electrons. The Morgan fingerprint density at radius 2 is 1.11 bits per heavy atom. The Bertz CT molecular complexity index is 1500. The lowest BCUT2D eigenvalue weighted by molar-refractivity contribution is -0.123. The number of hydrogen-bond donors (Lipinski definition) is 2. The van der Waals surface area contributed by atoms with Gasteiger partial charge in [0.15, 0.2) is 11.4 Å². The normalized spacial score (nSPS) is 12.3. The highest BCUT2D eigenvalue weighted by atomic mass is 35.5. The summed E-state index contributed by atoms with van der Waals surface area (Å²) in [4.78, 5) is 24.7. The standard InChI is InChI=1S/C26H26Cl2N6O4/c1-13(2)33-19-7-5-15(27)11-17(19)23(25(33)37)31-29-21(35)9-10-22(36)30-32-24-18-12-16(28)6-8-20(18)34(14(3)4)26(24)38/h5-8,11-14,37-38H,9-10H2,1-4H3. The van der Waals surface area contributed by atoms with Gasteiger partial charge < -0.3 is 19.3 Å². The van der Waals surface area contributed by atoms with Gasteiger partial charge in [0.2, 0.25) is 11.8 Å². The Morgan fingerprint density at radius 3 is 1.45 bits per heavy atom. The molecule has 38 heavy (non-hydrogen) atoms. The van der Waals surface area contributed by atoms with Crippen molar-refractivity contribution in [3.63, 3.8) is 0 Å². The fourth-order valence-electron chi connectivity index (χ4n) is 4.28. The van der Waals surface area contributed by atoms with Gasteiger partial charge in [0.05, 0.1) is 11.0 Å². The zero-order valence-electron chi connectivity index (χ0n) is 21.2. The number of nitrogens with zero attached hydrogens (tertiary/aromatic N) is 6. The Labute approximate surface area is 228 Å². The summed E-state index contributed by atoms with van der Waals surface area (Å²) in [6.07, 6.45) is -0.533. The fraction of sp³-hybridized carbons (Fsp3) is 0.308. The van der Waals surface area contributed by atoms with Gasteiger partial charge in [-0.15, -0.1) is 20.5 Å². The Hall–Kier alpha value is -3.76. The van der Waals surface area contributed by atoms with Crippen molar-refractivity contribution >= 4 is 68.2 Å². The predicted molar refractivity (Wildman–Crippen MR) is 146 cm³/mol. The van der Waals surface area contributed by atoms with Crippen LogP contribution in [0.2, 0.25) is 10.0 Å². The van der Waals surface area contributed by atoms with E-state index in [4.69, 9.17) is 23.2 Å². The number of fused-ring (bicyclic) bond motifs is 2. The molecule has 0 saturated carbocycles. The summed E-state index contributed by atoms with van der Waals surface area (Å²) in [5, 5.41) is 38.6. The van der Waals surface area contributed by atoms with Gasteiger partial charge in [-0.25, -0.2) is 0 Å². The lowest BCUT2D eigenvalue weighted by Crippen LogP contribution is -1.99. The van der Waals surface area contributed by atoms with Crippen LogP contribution in [0.1, 0.15) is 52.6 Å². The van der Waals surface area contributed by atoms with E-state index in [1.54, 1.807) is 45.5 Å². The van der Waals surface area contributed by atoms with Crippen LogP contribution in [0.3, 0.4) is 0 Å². The minimum absolute atomic E-state index is 0.0775. The van der Waals surface area contributed by atoms with Crippen molar-refractivity contribution in [2.45, 2.75) is 52.6 Å². The first-order valence-corrected chi connectivity index (χ1v) is 12.7. The summed E-state index contributed by atoms with van der Waals surface area (Å²) >= 11 is 12.2. The van der Waals surface area contributed by atoms with Gasteiger partial charge in [-0.3, -0.25) is 9.59 Å². The lowest BCUT2D eigenvalue weighted by atomic mass is 10.2. The quantitative estimate of drug-likeness (QED) is 0.222. The number of carbonyl (C=O) groups excluding carboxylic acids is 2. The molecule has 2 amide bonds. The number of halogens is 2. The van der Waals surface area contributed by atoms with E-state index < -0.39 is 11.8 Å². The van der Waals surface area contributed by atoms with Crippen molar-refractivity contribution < 1.29 is 19.8 Å². The number of azo groups is 2. The van der Waals surface area contributed by atoms with Crippen molar-refractivity contribution in [1.82, 2.24) is 9.13 Å². The molecule has 0 saturated heterocycles. The number of amides is 2. The second kappa shape index (κ2) is 10.9. The van der Waals surface area contributed by atoms with E-state index in [0.29, 0.717) is 31.9 Å². The molecule has 2 aromatic carbocycles. The van der Waals surface area contributed by atoms with Gasteiger partial charge >= 0.3 is 0 Å². The van der Waals surface area contributed by atoms with Crippen LogP contribution >= 0.6 is 23.2 Å². The zero-order chi connectivity index (χ0) is 27.7. The maximum absolute atomic E-state index is 12.3. The highest BCUT2D eigenvalue weighted by Gasteiger charge is 2.21. The summed E-state index contributed by atoms with van der Waals surface area (Å²) in [5.74, 6) is -1.63. The molecule has 2 aromatic heterocycles. The van der Waals surface area contributed by atoms with Crippen LogP contribution in [-0.4, -0.2) is 31.2 Å². The molecule has 0 aliphatic rings. The fourth-order valence-corrected chi connectivity index (χ4v) is 4.63. The molecule has 0 atom stereocenters. The number of rotatable bonds is 7. The zero-order valence-corrected chi connectivity index (χ0v) is 22.7. The van der Waals surface area contributed by atoms with E-state index in [2.05, 4.69) is 20.5 Å². The molecule has 12 heteroatoms. The Morgan fingerprint density at radius 1 is 0.737 bits per heavy atom. The molecule has 0 bridgehead atoms. The SMILES string of the molecule is CC(C)n1c(O)c(N=NC(=O)CCC(=O)N=Nc2c(O)n(C(C)C)c3ccc(Cl)cc23)c2cc(Cl)ccc21. The van der Waals surface area contributed by atoms with Crippen molar-refractivity contribution in [2.75, 3.05) is 0 Å². The maximum atomic E-state index is 12.3. The van der Waals surface area contributed by atoms with Crippen LogP contribution in [0, 0.1) is 0 Å². The number of carbonyl (C=O) groups is 2. The largest absolute Gasteiger partial charge is 0.493 e. The van der Waals surface area contributed by atoms with E-state index in [-0.39, 0.29) is 48.1 Å². The third kappa shape index (κ3) is 5.27. The summed E-state index contributed by atoms with van der Waals surface area (Å²) in [6.45, 7) is 7.59. The Kier molecular flexibility index (Phi) is 7.84. The van der Waals surface area contributed by atoms with Crippen LogP contribution in [0.5, 0.6) is 11.8 Å². The molecular formula is C26H26Cl2N6O4. The lowest BCUT2D eigenvalue weighted by Gasteiger charge is -2.10. The first-order valence-electron chi connectivity index (χ1n) is 11.9. The molecule has 0 unspecified atom stereocenters. The van der Waals surface area contributed by atoms with Gasteiger partial charge in [0.25, 0.3) is 11.8 Å². The molecule has 2 N–H and O–H groups in total. The summed E-state index contributed by atoms with van der Waals surface area (Å²) in [7, 11) is 0. The molecule has 2 heterocycles. The highest BCUT2D eigenvalue weighted by Crippen LogP contribution is 2.43. The average Bonchev–Trinajstić information content (AvgIpc) is 3.28. The van der Waals surface area contributed by atoms with Crippen LogP contribution in [0.4, 0.5) is 11.4 Å². The minimum Gasteiger partial charge on any atom is -0.493 e. The van der Waals surface area contributed by atoms with Crippen molar-refractivity contribution in [2.24, 2.45) is 20.5 Å². The Balaban J connectivity index is 1.49. The smallest absolute Gasteiger partial charge is 0.265 e. The van der Waals surface area contributed by atoms with Crippen molar-refractivity contribution in [3.05, 3.63) is 46.4 Å². The van der Waals surface area contributed by atoms with Gasteiger partial charge in [-0.2, -0.15) is 0 Å². The molecule has 4 aromatic rings. The van der Waals surface area contributed by atoms with E-state index >= 15 is 0 Å². The van der Waals surface area contributed by atoms with Crippen LogP contribution in [0.25, 0.3) is 21.8 Å². The van der Waals surface area contributed by atoms with Gasteiger partial charge in [-0.05, 0) is 64.1 Å². The van der Waals surface area contributed by atoms with Crippen LogP contribution in [0.15, 0.2) is 56.9 Å². The summed E-state index contributed by atoms with van der Waals surface area (Å²) in [6, 6.07) is 10.0. The number of aromatic nitrogens is 2. The van der Waals surface area contributed by atoms with Gasteiger partial charge in [0, 0.05) is 45.7 Å². The summed E-state index contributed by atoms with van der Waals surface area (Å²) in [5.41, 5.74) is 1.63. The third-order valence-electron chi connectivity index (χ3n) is 5.94. The molecule has 10 nitrogen and oxygen atoms in total. The third-order valence-corrected chi connectivity index (χ3v) is 6.41. The molecule has 0 radical (unpaired) electrons. The topological polar surface area (TPSA) is 134 Å². The first-order chi connectivity index (χ1) is 18.0. The number of aromatic hydroxyl groups is 2. The molecular weight excluding hydrogens is 531 g/mol. The van der Waals surface area contributed by atoms with E-state index in [1.165, 1.54) is 0 Å². The monoisotopic (exact) mass is 556 g/mol. The van der Waals surface area contributed by atoms with Crippen molar-refractivity contribution in [3.8, 4) is 11.8 Å². The van der Waals surface area contributed by atoms with Crippen molar-refractivity contribution in [1.29, 1.82) is 0 Å². The molecule has 0 aliphatic heterocycles. The maximum Gasteiger partial charge on any atom is 0.265 e. The molecule has 4 rings (SSSR count). The molecule has 0 aliphatic carbocycles.